The molecule has 160 valence electrons. The van der Waals surface area contributed by atoms with Gasteiger partial charge in [-0.25, -0.2) is 0 Å². The topological polar surface area (TPSA) is 48.9 Å². The largest absolute Gasteiger partial charge is 0.379 e. The summed E-state index contributed by atoms with van der Waals surface area (Å²) in [7, 11) is 1.83. The normalized spacial score (nSPS) is 15.8. The van der Waals surface area contributed by atoms with E-state index in [2.05, 4.69) is 40.4 Å². The van der Waals surface area contributed by atoms with Crippen LogP contribution in [-0.4, -0.2) is 63.8 Å². The van der Waals surface area contributed by atoms with Gasteiger partial charge in [-0.3, -0.25) is 9.89 Å². The minimum absolute atomic E-state index is 0. The van der Waals surface area contributed by atoms with Crippen molar-refractivity contribution in [2.24, 2.45) is 10.4 Å². The molecule has 1 aromatic carbocycles. The monoisotopic (exact) mass is 522 g/mol. The number of ether oxygens (including phenoxy) is 1. The van der Waals surface area contributed by atoms with Crippen molar-refractivity contribution in [1.29, 1.82) is 0 Å². The van der Waals surface area contributed by atoms with Crippen molar-refractivity contribution in [3.05, 3.63) is 34.9 Å². The first kappa shape index (κ1) is 25.5. The number of guanidine groups is 1. The highest BCUT2D eigenvalue weighted by Crippen LogP contribution is 2.22. The maximum absolute atomic E-state index is 6.10. The first-order valence-corrected chi connectivity index (χ1v) is 10.4. The molecule has 0 unspecified atom stereocenters. The predicted molar refractivity (Wildman–Crippen MR) is 130 cm³/mol. The van der Waals surface area contributed by atoms with Crippen molar-refractivity contribution < 1.29 is 4.74 Å². The van der Waals surface area contributed by atoms with Crippen LogP contribution >= 0.6 is 35.6 Å². The number of rotatable bonds is 9. The van der Waals surface area contributed by atoms with Gasteiger partial charge in [-0.2, -0.15) is 0 Å². The van der Waals surface area contributed by atoms with E-state index in [1.807, 2.05) is 25.2 Å². The summed E-state index contributed by atoms with van der Waals surface area (Å²) in [6.07, 6.45) is 3.31. The van der Waals surface area contributed by atoms with Crippen molar-refractivity contribution in [3.8, 4) is 0 Å². The zero-order chi connectivity index (χ0) is 19.5. The highest BCUT2D eigenvalue weighted by molar-refractivity contribution is 14.0. The van der Waals surface area contributed by atoms with Crippen molar-refractivity contribution in [1.82, 2.24) is 15.5 Å². The second-order valence-electron chi connectivity index (χ2n) is 7.98. The Morgan fingerprint density at radius 1 is 1.21 bits per heavy atom. The molecule has 1 aliphatic rings. The molecule has 0 atom stereocenters. The maximum Gasteiger partial charge on any atom is 0.190 e. The molecule has 2 N–H and O–H groups in total. The van der Waals surface area contributed by atoms with Crippen LogP contribution in [0.4, 0.5) is 0 Å². The van der Waals surface area contributed by atoms with Crippen molar-refractivity contribution in [3.63, 3.8) is 0 Å². The lowest BCUT2D eigenvalue weighted by Crippen LogP contribution is -2.43. The van der Waals surface area contributed by atoms with Gasteiger partial charge in [-0.15, -0.1) is 24.0 Å². The van der Waals surface area contributed by atoms with E-state index in [-0.39, 0.29) is 29.4 Å². The lowest BCUT2D eigenvalue weighted by molar-refractivity contribution is 0.0372. The van der Waals surface area contributed by atoms with Crippen LogP contribution in [0.5, 0.6) is 0 Å². The minimum atomic E-state index is 0. The molecule has 0 aliphatic carbocycles. The van der Waals surface area contributed by atoms with Gasteiger partial charge in [0.25, 0.3) is 0 Å². The molecule has 0 radical (unpaired) electrons. The number of halogens is 2. The van der Waals surface area contributed by atoms with Crippen molar-refractivity contribution in [2.75, 3.05) is 53.0 Å². The fraction of sp³-hybridized carbons (Fsp3) is 0.667. The lowest BCUT2D eigenvalue weighted by atomic mass is 9.86. The molecule has 1 aromatic rings. The Labute approximate surface area is 192 Å². The van der Waals surface area contributed by atoms with Crippen LogP contribution in [-0.2, 0) is 11.2 Å². The Kier molecular flexibility index (Phi) is 12.4. The zero-order valence-electron chi connectivity index (χ0n) is 17.5. The molecule has 1 aliphatic heterocycles. The van der Waals surface area contributed by atoms with Crippen LogP contribution in [0.1, 0.15) is 32.3 Å². The molecular weight excluding hydrogens is 487 g/mol. The van der Waals surface area contributed by atoms with Crippen LogP contribution in [0.3, 0.4) is 0 Å². The Hall–Kier alpha value is -0.570. The summed E-state index contributed by atoms with van der Waals surface area (Å²) in [6.45, 7) is 11.4. The number of nitrogens with one attached hydrogen (secondary N) is 2. The summed E-state index contributed by atoms with van der Waals surface area (Å²) in [4.78, 5) is 6.83. The summed E-state index contributed by atoms with van der Waals surface area (Å²) in [5.41, 5.74) is 1.37. The summed E-state index contributed by atoms with van der Waals surface area (Å²) in [5, 5.41) is 7.69. The Bertz CT molecular complexity index is 592. The van der Waals surface area contributed by atoms with Gasteiger partial charge in [0.05, 0.1) is 13.2 Å². The van der Waals surface area contributed by atoms with Gasteiger partial charge in [0.2, 0.25) is 0 Å². The molecule has 5 nitrogen and oxygen atoms in total. The third kappa shape index (κ3) is 10.3. The van der Waals surface area contributed by atoms with Crippen molar-refractivity contribution >= 4 is 41.5 Å². The standard InChI is InChI=1S/C21H35ClN4O.HI/c1-21(2,16-18-7-6-8-19(22)15-18)17-25-20(23-3)24-9-4-5-10-26-11-13-27-14-12-26;/h6-8,15H,4-5,9-14,16-17H2,1-3H3,(H2,23,24,25);1H. The molecule has 1 heterocycles. The number of benzene rings is 1. The first-order valence-electron chi connectivity index (χ1n) is 9.97. The van der Waals surface area contributed by atoms with E-state index >= 15 is 0 Å². The molecular formula is C21H36ClIN4O. The third-order valence-corrected chi connectivity index (χ3v) is 5.06. The SMILES string of the molecule is CN=C(NCCCCN1CCOCC1)NCC(C)(C)Cc1cccc(Cl)c1.I. The van der Waals surface area contributed by atoms with Gasteiger partial charge >= 0.3 is 0 Å². The van der Waals surface area contributed by atoms with Gasteiger partial charge in [0.1, 0.15) is 0 Å². The maximum atomic E-state index is 6.10. The van der Waals surface area contributed by atoms with E-state index in [9.17, 15) is 0 Å². The number of nitrogens with zero attached hydrogens (tertiary/aromatic N) is 2. The van der Waals surface area contributed by atoms with Gasteiger partial charge < -0.3 is 15.4 Å². The van der Waals surface area contributed by atoms with E-state index in [1.54, 1.807) is 0 Å². The van der Waals surface area contributed by atoms with Crippen LogP contribution in [0.15, 0.2) is 29.3 Å². The molecule has 1 saturated heterocycles. The Morgan fingerprint density at radius 3 is 2.64 bits per heavy atom. The third-order valence-electron chi connectivity index (χ3n) is 4.83. The van der Waals surface area contributed by atoms with E-state index in [0.717, 1.165) is 69.8 Å². The molecule has 0 bridgehead atoms. The van der Waals surface area contributed by atoms with Gasteiger partial charge in [0, 0.05) is 38.2 Å². The van der Waals surface area contributed by atoms with E-state index < -0.39 is 0 Å². The first-order chi connectivity index (χ1) is 13.0. The highest BCUT2D eigenvalue weighted by atomic mass is 127. The van der Waals surface area contributed by atoms with Gasteiger partial charge in [-0.05, 0) is 48.9 Å². The predicted octanol–water partition coefficient (Wildman–Crippen LogP) is 3.80. The minimum Gasteiger partial charge on any atom is -0.379 e. The Morgan fingerprint density at radius 2 is 1.96 bits per heavy atom. The lowest BCUT2D eigenvalue weighted by Gasteiger charge is -2.27. The molecule has 28 heavy (non-hydrogen) atoms. The average molecular weight is 523 g/mol. The Balaban J connectivity index is 0.00000392. The summed E-state index contributed by atoms with van der Waals surface area (Å²) < 4.78 is 5.39. The van der Waals surface area contributed by atoms with Crippen LogP contribution in [0.25, 0.3) is 0 Å². The molecule has 0 aromatic heterocycles. The second kappa shape index (κ2) is 13.6. The average Bonchev–Trinajstić information content (AvgIpc) is 2.64. The second-order valence-corrected chi connectivity index (χ2v) is 8.42. The van der Waals surface area contributed by atoms with Gasteiger partial charge in [-0.1, -0.05) is 37.6 Å². The van der Waals surface area contributed by atoms with E-state index in [1.165, 1.54) is 12.0 Å². The number of morpholine rings is 1. The zero-order valence-corrected chi connectivity index (χ0v) is 20.6. The smallest absolute Gasteiger partial charge is 0.190 e. The summed E-state index contributed by atoms with van der Waals surface area (Å²) >= 11 is 6.10. The van der Waals surface area contributed by atoms with Crippen LogP contribution in [0, 0.1) is 5.41 Å². The summed E-state index contributed by atoms with van der Waals surface area (Å²) in [5.74, 6) is 0.876. The molecule has 0 amide bonds. The molecule has 0 spiro atoms. The van der Waals surface area contributed by atoms with E-state index in [0.29, 0.717) is 0 Å². The van der Waals surface area contributed by atoms with Gasteiger partial charge in [0.15, 0.2) is 5.96 Å². The molecule has 1 fully saturated rings. The number of unbranched alkanes of at least 4 members (excludes halogenated alkanes) is 1. The molecule has 0 saturated carbocycles. The quantitative estimate of drug-likeness (QED) is 0.224. The van der Waals surface area contributed by atoms with Crippen LogP contribution in [0.2, 0.25) is 5.02 Å². The fourth-order valence-corrected chi connectivity index (χ4v) is 3.51. The number of aliphatic imine (C=N–C) groups is 1. The number of hydrogen-bond donors (Lipinski definition) is 2. The summed E-state index contributed by atoms with van der Waals surface area (Å²) in [6, 6.07) is 8.11. The van der Waals surface area contributed by atoms with Crippen LogP contribution < -0.4 is 10.6 Å². The molecule has 7 heteroatoms. The highest BCUT2D eigenvalue weighted by Gasteiger charge is 2.19. The fourth-order valence-electron chi connectivity index (χ4n) is 3.30. The van der Waals surface area contributed by atoms with Crippen molar-refractivity contribution in [2.45, 2.75) is 33.1 Å². The molecule has 2 rings (SSSR count). The van der Waals surface area contributed by atoms with E-state index in [4.69, 9.17) is 16.3 Å². The number of hydrogen-bond acceptors (Lipinski definition) is 3.